The van der Waals surface area contributed by atoms with Crippen LogP contribution in [-0.4, -0.2) is 71.7 Å². The van der Waals surface area contributed by atoms with Gasteiger partial charge >= 0.3 is 6.03 Å². The largest absolute Gasteiger partial charge is 0.380 e. The van der Waals surface area contributed by atoms with Gasteiger partial charge in [0.05, 0.1) is 18.7 Å². The second kappa shape index (κ2) is 8.78. The quantitative estimate of drug-likeness (QED) is 0.516. The van der Waals surface area contributed by atoms with Crippen molar-refractivity contribution in [2.45, 2.75) is 39.2 Å². The lowest BCUT2D eigenvalue weighted by molar-refractivity contribution is -0.134. The van der Waals surface area contributed by atoms with Gasteiger partial charge < -0.3 is 14.5 Å². The van der Waals surface area contributed by atoms with Crippen molar-refractivity contribution in [1.82, 2.24) is 14.8 Å². The number of piperidine rings is 1. The summed E-state index contributed by atoms with van der Waals surface area (Å²) in [6.45, 7) is 8.86. The number of aromatic nitrogens is 1. The van der Waals surface area contributed by atoms with Gasteiger partial charge in [-0.3, -0.25) is 9.69 Å². The van der Waals surface area contributed by atoms with Gasteiger partial charge in [0.15, 0.2) is 0 Å². The molecule has 3 amide bonds. The van der Waals surface area contributed by atoms with E-state index in [2.05, 4.69) is 24.9 Å². The van der Waals surface area contributed by atoms with E-state index in [9.17, 15) is 14.9 Å². The smallest absolute Gasteiger partial charge is 0.327 e. The highest BCUT2D eigenvalue weighted by molar-refractivity contribution is 6.07. The van der Waals surface area contributed by atoms with Crippen LogP contribution >= 0.6 is 0 Å². The summed E-state index contributed by atoms with van der Waals surface area (Å²) in [5.41, 5.74) is -0.291. The first-order valence-electron chi connectivity index (χ1n) is 10.3. The molecule has 2 aliphatic rings. The molecule has 8 nitrogen and oxygen atoms in total. The van der Waals surface area contributed by atoms with Crippen LogP contribution in [0.3, 0.4) is 0 Å². The Labute approximate surface area is 172 Å². The highest BCUT2D eigenvalue weighted by Gasteiger charge is 2.57. The number of amides is 3. The maximum absolute atomic E-state index is 13.4. The summed E-state index contributed by atoms with van der Waals surface area (Å²) >= 11 is 0. The molecule has 2 fully saturated rings. The molecule has 0 bridgehead atoms. The summed E-state index contributed by atoms with van der Waals surface area (Å²) in [5.74, 6) is 0.781. The molecule has 1 aromatic heterocycles. The lowest BCUT2D eigenvalue weighted by Gasteiger charge is -2.43. The summed E-state index contributed by atoms with van der Waals surface area (Å²) in [6.07, 6.45) is 2.72. The maximum Gasteiger partial charge on any atom is 0.327 e. The fraction of sp³-hybridized carbons (Fsp3) is 0.619. The first kappa shape index (κ1) is 21.1. The van der Waals surface area contributed by atoms with Gasteiger partial charge in [0, 0.05) is 32.4 Å². The molecule has 0 saturated carbocycles. The number of imide groups is 1. The zero-order chi connectivity index (χ0) is 21.0. The number of ether oxygens (including phenoxy) is 1. The summed E-state index contributed by atoms with van der Waals surface area (Å²) in [5, 5.41) is 9.37. The standard InChI is InChI=1S/C21H29N5O3/c1-4-29-13-12-25-19(27)21(26(20(25)28)15-16(2)3)7-10-24(11-8-21)18-17(14-22)6-5-9-23-18/h5-6,9,16H,4,7-8,10-13,15H2,1-3H3. The predicted molar refractivity (Wildman–Crippen MR) is 108 cm³/mol. The summed E-state index contributed by atoms with van der Waals surface area (Å²) in [4.78, 5) is 36.0. The number of urea groups is 1. The lowest BCUT2D eigenvalue weighted by atomic mass is 9.85. The van der Waals surface area contributed by atoms with Crippen LogP contribution in [0.15, 0.2) is 18.3 Å². The predicted octanol–water partition coefficient (Wildman–Crippen LogP) is 2.25. The van der Waals surface area contributed by atoms with E-state index in [1.54, 1.807) is 23.2 Å². The lowest BCUT2D eigenvalue weighted by Crippen LogP contribution is -2.57. The second-order valence-electron chi connectivity index (χ2n) is 7.95. The van der Waals surface area contributed by atoms with Crippen molar-refractivity contribution in [2.75, 3.05) is 44.3 Å². The molecule has 0 radical (unpaired) electrons. The third-order valence-electron chi connectivity index (χ3n) is 5.63. The molecule has 0 aromatic carbocycles. The van der Waals surface area contributed by atoms with E-state index >= 15 is 0 Å². The van der Waals surface area contributed by atoms with E-state index in [1.807, 2.05) is 11.8 Å². The Hall–Kier alpha value is -2.66. The van der Waals surface area contributed by atoms with Gasteiger partial charge in [-0.05, 0) is 37.8 Å². The van der Waals surface area contributed by atoms with Crippen LogP contribution in [0.5, 0.6) is 0 Å². The molecular weight excluding hydrogens is 370 g/mol. The third-order valence-corrected chi connectivity index (χ3v) is 5.63. The van der Waals surface area contributed by atoms with Crippen molar-refractivity contribution < 1.29 is 14.3 Å². The Bertz CT molecular complexity index is 796. The number of carbonyl (C=O) groups excluding carboxylic acids is 2. The van der Waals surface area contributed by atoms with E-state index in [1.165, 1.54) is 4.90 Å². The van der Waals surface area contributed by atoms with Crippen LogP contribution in [0.4, 0.5) is 10.6 Å². The molecule has 0 aliphatic carbocycles. The topological polar surface area (TPSA) is 89.8 Å². The van der Waals surface area contributed by atoms with Crippen molar-refractivity contribution in [1.29, 1.82) is 5.26 Å². The van der Waals surface area contributed by atoms with E-state index in [-0.39, 0.29) is 24.4 Å². The summed E-state index contributed by atoms with van der Waals surface area (Å²) < 4.78 is 5.37. The molecule has 0 unspecified atom stereocenters. The molecule has 2 saturated heterocycles. The Balaban J connectivity index is 1.82. The minimum absolute atomic E-state index is 0.121. The first-order chi connectivity index (χ1) is 13.9. The normalized spacial score (nSPS) is 18.8. The molecule has 1 spiro atoms. The Morgan fingerprint density at radius 2 is 2.03 bits per heavy atom. The average molecular weight is 399 g/mol. The van der Waals surface area contributed by atoms with Crippen LogP contribution in [0.1, 0.15) is 39.2 Å². The molecule has 3 heterocycles. The van der Waals surface area contributed by atoms with Crippen LogP contribution in [0.2, 0.25) is 0 Å². The second-order valence-corrected chi connectivity index (χ2v) is 7.95. The number of carbonyl (C=O) groups is 2. The molecule has 8 heteroatoms. The first-order valence-corrected chi connectivity index (χ1v) is 10.3. The zero-order valence-corrected chi connectivity index (χ0v) is 17.4. The number of rotatable bonds is 7. The minimum atomic E-state index is -0.814. The van der Waals surface area contributed by atoms with Gasteiger partial charge in [0.1, 0.15) is 17.4 Å². The van der Waals surface area contributed by atoms with Crippen LogP contribution in [-0.2, 0) is 9.53 Å². The Morgan fingerprint density at radius 1 is 1.31 bits per heavy atom. The van der Waals surface area contributed by atoms with E-state index in [4.69, 9.17) is 4.74 Å². The molecule has 29 heavy (non-hydrogen) atoms. The van der Waals surface area contributed by atoms with Gasteiger partial charge in [0.2, 0.25) is 0 Å². The third kappa shape index (κ3) is 3.92. The van der Waals surface area contributed by atoms with Gasteiger partial charge in [-0.2, -0.15) is 5.26 Å². The molecule has 156 valence electrons. The Morgan fingerprint density at radius 3 is 2.66 bits per heavy atom. The number of pyridine rings is 1. The highest BCUT2D eigenvalue weighted by atomic mass is 16.5. The molecular formula is C21H29N5O3. The molecule has 3 rings (SSSR count). The van der Waals surface area contributed by atoms with Gasteiger partial charge in [0.25, 0.3) is 5.91 Å². The number of nitriles is 1. The summed E-state index contributed by atoms with van der Waals surface area (Å²) in [6, 6.07) is 5.46. The Kier molecular flexibility index (Phi) is 6.38. The fourth-order valence-corrected chi connectivity index (χ4v) is 4.21. The highest BCUT2D eigenvalue weighted by Crippen LogP contribution is 2.39. The number of anilines is 1. The van der Waals surface area contributed by atoms with Crippen LogP contribution < -0.4 is 4.90 Å². The monoisotopic (exact) mass is 399 g/mol. The minimum Gasteiger partial charge on any atom is -0.380 e. The van der Waals surface area contributed by atoms with Crippen molar-refractivity contribution in [3.8, 4) is 6.07 Å². The van der Waals surface area contributed by atoms with Crippen molar-refractivity contribution in [2.24, 2.45) is 5.92 Å². The van der Waals surface area contributed by atoms with Crippen molar-refractivity contribution in [3.63, 3.8) is 0 Å². The number of hydrogen-bond acceptors (Lipinski definition) is 6. The van der Waals surface area contributed by atoms with E-state index in [0.717, 1.165) is 0 Å². The van der Waals surface area contributed by atoms with Gasteiger partial charge in [-0.25, -0.2) is 9.78 Å². The van der Waals surface area contributed by atoms with Crippen LogP contribution in [0.25, 0.3) is 0 Å². The zero-order valence-electron chi connectivity index (χ0n) is 17.4. The van der Waals surface area contributed by atoms with Gasteiger partial charge in [-0.15, -0.1) is 0 Å². The number of hydrogen-bond donors (Lipinski definition) is 0. The average Bonchev–Trinajstić information content (AvgIpc) is 2.90. The van der Waals surface area contributed by atoms with E-state index < -0.39 is 5.54 Å². The van der Waals surface area contributed by atoms with E-state index in [0.29, 0.717) is 57.1 Å². The molecule has 1 aromatic rings. The summed E-state index contributed by atoms with van der Waals surface area (Å²) in [7, 11) is 0. The van der Waals surface area contributed by atoms with Crippen molar-refractivity contribution in [3.05, 3.63) is 23.9 Å². The number of nitrogens with zero attached hydrogens (tertiary/aromatic N) is 5. The van der Waals surface area contributed by atoms with Crippen molar-refractivity contribution >= 4 is 17.8 Å². The molecule has 2 aliphatic heterocycles. The maximum atomic E-state index is 13.4. The van der Waals surface area contributed by atoms with Gasteiger partial charge in [-0.1, -0.05) is 13.8 Å². The fourth-order valence-electron chi connectivity index (χ4n) is 4.21. The SMILES string of the molecule is CCOCCN1C(=O)N(CC(C)C)C2(CCN(c3ncccc3C#N)CC2)C1=O. The van der Waals surface area contributed by atoms with Crippen LogP contribution in [0, 0.1) is 17.2 Å². The molecule has 0 atom stereocenters. The molecule has 0 N–H and O–H groups in total.